The Labute approximate surface area is 355 Å². The van der Waals surface area contributed by atoms with Gasteiger partial charge in [0, 0.05) is 32.7 Å². The maximum atomic E-state index is 14.0. The number of nitrogens with one attached hydrogen (secondary N) is 12. The lowest BCUT2D eigenvalue weighted by Gasteiger charge is -2.29. The molecule has 5 amide bonds. The molecule has 26 nitrogen and oxygen atoms in total. The van der Waals surface area contributed by atoms with Gasteiger partial charge in [0.05, 0.1) is 6.04 Å². The lowest BCUT2D eigenvalue weighted by molar-refractivity contribution is -0.142. The number of carboxylic acids is 1. The van der Waals surface area contributed by atoms with Crippen LogP contribution in [0.3, 0.4) is 0 Å². The zero-order chi connectivity index (χ0) is 45.9. The molecule has 0 aliphatic carbocycles. The first-order valence-electron chi connectivity index (χ1n) is 20.4. The number of nitrogens with two attached hydrogens (primary N) is 6. The van der Waals surface area contributed by atoms with E-state index >= 15 is 0 Å². The Kier molecular flexibility index (Phi) is 25.2. The standard InChI is InChI=1S/C35H69N19O7/c36-14-2-1-9-21(28(57)53-24(31(60)61)12-6-18-49-35(44)45)50-26(55)22(10-4-16-47-33(40)41)51-27(56)23(11-5-17-48-34(42)43)52-29(58)25-13-7-19-54(25)30(59)20(37)8-3-15-46-32(38)39/h20-25H,1-19,36-37H2,(H,50,55)(H,51,56)(H,52,58)(H,53,57)(H,60,61)(H4,38,39,46)(H4,40,41,47)(H4,42,43,48)(H4,44,45,49)/t20-,21-,22-,23-,24-,25-/m0/s1. The van der Waals surface area contributed by atoms with Crippen molar-refractivity contribution in [1.29, 1.82) is 21.6 Å². The van der Waals surface area contributed by atoms with Crippen LogP contribution in [0.4, 0.5) is 0 Å². The Balaban J connectivity index is 3.31. The fourth-order valence-corrected chi connectivity index (χ4v) is 6.41. The molecule has 0 unspecified atom stereocenters. The molecule has 0 aromatic rings. The van der Waals surface area contributed by atoms with E-state index in [-0.39, 0.29) is 101 Å². The van der Waals surface area contributed by atoms with Crippen LogP contribution >= 0.6 is 0 Å². The number of likely N-dealkylation sites (tertiary alicyclic amines) is 1. The Bertz CT molecular complexity index is 1500. The molecule has 1 heterocycles. The molecule has 0 bridgehead atoms. The normalized spacial score (nSPS) is 15.7. The quantitative estimate of drug-likeness (QED) is 0.0182. The van der Waals surface area contributed by atoms with E-state index in [2.05, 4.69) is 42.5 Å². The molecule has 1 fully saturated rings. The van der Waals surface area contributed by atoms with Crippen molar-refractivity contribution >= 4 is 59.3 Å². The summed E-state index contributed by atoms with van der Waals surface area (Å²) in [5.74, 6) is -5.86. The SMILES string of the molecule is N=C(N)NCCC[C@H](NC(=O)[C@H](CCCCN)NC(=O)[C@H](CCCNC(=N)N)NC(=O)[C@H](CCCNC(=N)N)NC(=O)[C@@H]1CCCN1C(=O)[C@@H](N)CCCNC(=N)N)C(=O)O. The van der Waals surface area contributed by atoms with Crippen molar-refractivity contribution in [2.24, 2.45) is 34.4 Å². The van der Waals surface area contributed by atoms with Gasteiger partial charge in [0.25, 0.3) is 0 Å². The number of nitrogens with zero attached hydrogens (tertiary/aromatic N) is 1. The summed E-state index contributed by atoms with van der Waals surface area (Å²) in [6.07, 6.45) is 3.15. The molecular weight excluding hydrogens is 799 g/mol. The van der Waals surface area contributed by atoms with Crippen molar-refractivity contribution < 1.29 is 33.9 Å². The molecule has 26 heteroatoms. The number of amides is 5. The fraction of sp³-hybridized carbons (Fsp3) is 0.714. The molecule has 6 atom stereocenters. The van der Waals surface area contributed by atoms with E-state index in [9.17, 15) is 33.9 Å². The highest BCUT2D eigenvalue weighted by atomic mass is 16.4. The van der Waals surface area contributed by atoms with Crippen LogP contribution in [0.2, 0.25) is 0 Å². The summed E-state index contributed by atoms with van der Waals surface area (Å²) in [5.41, 5.74) is 33.2. The highest BCUT2D eigenvalue weighted by Gasteiger charge is 2.38. The molecule has 0 spiro atoms. The minimum Gasteiger partial charge on any atom is -0.480 e. The van der Waals surface area contributed by atoms with Crippen molar-refractivity contribution in [2.75, 3.05) is 39.3 Å². The first-order chi connectivity index (χ1) is 28.9. The van der Waals surface area contributed by atoms with Crippen molar-refractivity contribution in [3.05, 3.63) is 0 Å². The smallest absolute Gasteiger partial charge is 0.326 e. The molecule has 1 aliphatic rings. The summed E-state index contributed by atoms with van der Waals surface area (Å²) in [6, 6.07) is -6.98. The second-order valence-corrected chi connectivity index (χ2v) is 14.6. The van der Waals surface area contributed by atoms with Crippen molar-refractivity contribution in [3.8, 4) is 0 Å². The Morgan fingerprint density at radius 1 is 0.574 bits per heavy atom. The summed E-state index contributed by atoms with van der Waals surface area (Å²) in [4.78, 5) is 82.0. The van der Waals surface area contributed by atoms with Gasteiger partial charge in [0.15, 0.2) is 23.8 Å². The van der Waals surface area contributed by atoms with Gasteiger partial charge in [0.1, 0.15) is 30.2 Å². The van der Waals surface area contributed by atoms with Gasteiger partial charge in [0.2, 0.25) is 29.5 Å². The highest BCUT2D eigenvalue weighted by Crippen LogP contribution is 2.20. The number of hydrogen-bond donors (Lipinski definition) is 19. The highest BCUT2D eigenvalue weighted by molar-refractivity contribution is 5.96. The van der Waals surface area contributed by atoms with Crippen LogP contribution in [0.1, 0.15) is 83.5 Å². The largest absolute Gasteiger partial charge is 0.480 e. The van der Waals surface area contributed by atoms with Crippen LogP contribution in [0.5, 0.6) is 0 Å². The molecule has 346 valence electrons. The molecule has 0 aromatic heterocycles. The number of hydrogen-bond acceptors (Lipinski definition) is 12. The van der Waals surface area contributed by atoms with Gasteiger partial charge in [-0.2, -0.15) is 0 Å². The molecule has 25 N–H and O–H groups in total. The summed E-state index contributed by atoms with van der Waals surface area (Å²) >= 11 is 0. The Morgan fingerprint density at radius 3 is 1.36 bits per heavy atom. The number of carbonyl (C=O) groups excluding carboxylic acids is 5. The van der Waals surface area contributed by atoms with Crippen LogP contribution < -0.4 is 76.9 Å². The molecule has 1 aliphatic heterocycles. The van der Waals surface area contributed by atoms with Crippen LogP contribution in [0.25, 0.3) is 0 Å². The van der Waals surface area contributed by atoms with E-state index < -0.39 is 71.8 Å². The van der Waals surface area contributed by atoms with E-state index in [1.54, 1.807) is 0 Å². The summed E-state index contributed by atoms with van der Waals surface area (Å²) in [6.45, 7) is 1.38. The molecule has 0 radical (unpaired) electrons. The minimum atomic E-state index is -1.33. The Hall–Kier alpha value is -6.18. The van der Waals surface area contributed by atoms with Gasteiger partial charge in [-0.05, 0) is 90.0 Å². The maximum Gasteiger partial charge on any atom is 0.326 e. The summed E-state index contributed by atoms with van der Waals surface area (Å²) < 4.78 is 0. The number of unbranched alkanes of at least 4 members (excludes halogenated alkanes) is 1. The number of rotatable bonds is 30. The zero-order valence-corrected chi connectivity index (χ0v) is 34.7. The Morgan fingerprint density at radius 2 is 0.951 bits per heavy atom. The minimum absolute atomic E-state index is 0.0127. The molecule has 61 heavy (non-hydrogen) atoms. The number of carbonyl (C=O) groups is 6. The second kappa shape index (κ2) is 29.1. The molecule has 1 rings (SSSR count). The van der Waals surface area contributed by atoms with Crippen LogP contribution in [-0.2, 0) is 28.8 Å². The van der Waals surface area contributed by atoms with E-state index in [0.717, 1.165) is 0 Å². The topological polar surface area (TPSA) is 474 Å². The first-order valence-corrected chi connectivity index (χ1v) is 20.4. The van der Waals surface area contributed by atoms with Gasteiger partial charge in [-0.25, -0.2) is 4.79 Å². The van der Waals surface area contributed by atoms with Crippen LogP contribution in [0.15, 0.2) is 0 Å². The van der Waals surface area contributed by atoms with Gasteiger partial charge < -0.3 is 86.9 Å². The predicted octanol–water partition coefficient (Wildman–Crippen LogP) is -5.49. The average Bonchev–Trinajstić information content (AvgIpc) is 3.69. The lowest BCUT2D eigenvalue weighted by atomic mass is 10.0. The number of carboxylic acid groups (broad SMARTS) is 1. The summed E-state index contributed by atoms with van der Waals surface area (Å²) in [5, 5.41) is 60.2. The van der Waals surface area contributed by atoms with Crippen molar-refractivity contribution in [2.45, 2.75) is 120 Å². The van der Waals surface area contributed by atoms with Gasteiger partial charge in [-0.15, -0.1) is 0 Å². The second-order valence-electron chi connectivity index (χ2n) is 14.6. The third kappa shape index (κ3) is 22.1. The predicted molar refractivity (Wildman–Crippen MR) is 228 cm³/mol. The van der Waals surface area contributed by atoms with Gasteiger partial charge in [-0.1, -0.05) is 0 Å². The maximum absolute atomic E-state index is 14.0. The third-order valence-corrected chi connectivity index (χ3v) is 9.58. The molecule has 1 saturated heterocycles. The van der Waals surface area contributed by atoms with Crippen molar-refractivity contribution in [3.63, 3.8) is 0 Å². The van der Waals surface area contributed by atoms with Crippen LogP contribution in [0, 0.1) is 21.6 Å². The van der Waals surface area contributed by atoms with Gasteiger partial charge in [-0.3, -0.25) is 45.6 Å². The lowest BCUT2D eigenvalue weighted by Crippen LogP contribution is -2.59. The zero-order valence-electron chi connectivity index (χ0n) is 34.7. The number of aliphatic carboxylic acids is 1. The fourth-order valence-electron chi connectivity index (χ4n) is 6.41. The third-order valence-electron chi connectivity index (χ3n) is 9.58. The summed E-state index contributed by atoms with van der Waals surface area (Å²) in [7, 11) is 0. The van der Waals surface area contributed by atoms with Crippen LogP contribution in [-0.4, -0.2) is 145 Å². The van der Waals surface area contributed by atoms with E-state index in [4.69, 9.17) is 56.0 Å². The molecule has 0 saturated carbocycles. The number of guanidine groups is 4. The van der Waals surface area contributed by atoms with E-state index in [1.807, 2.05) is 0 Å². The van der Waals surface area contributed by atoms with E-state index in [0.29, 0.717) is 45.2 Å². The van der Waals surface area contributed by atoms with E-state index in [1.165, 1.54) is 4.90 Å². The molecular formula is C35H69N19O7. The monoisotopic (exact) mass is 868 g/mol. The first kappa shape index (κ1) is 52.8. The van der Waals surface area contributed by atoms with Crippen molar-refractivity contribution in [1.82, 2.24) is 47.4 Å². The van der Waals surface area contributed by atoms with Gasteiger partial charge >= 0.3 is 5.97 Å². The molecule has 0 aromatic carbocycles. The average molecular weight is 868 g/mol.